The summed E-state index contributed by atoms with van der Waals surface area (Å²) in [5.74, 6) is -0.801. The molecule has 20 heavy (non-hydrogen) atoms. The Labute approximate surface area is 115 Å². The van der Waals surface area contributed by atoms with Gasteiger partial charge in [0.25, 0.3) is 0 Å². The molecule has 104 valence electrons. The lowest BCUT2D eigenvalue weighted by Gasteiger charge is -2.14. The van der Waals surface area contributed by atoms with Crippen LogP contribution in [0.25, 0.3) is 0 Å². The highest BCUT2D eigenvalue weighted by Crippen LogP contribution is 2.25. The molecule has 1 unspecified atom stereocenters. The quantitative estimate of drug-likeness (QED) is 0.865. The monoisotopic (exact) mass is 274 g/mol. The smallest absolute Gasteiger partial charge is 0.350 e. The number of benzene rings is 1. The summed E-state index contributed by atoms with van der Waals surface area (Å²) in [6.45, 7) is 1.51. The highest BCUT2D eigenvalue weighted by molar-refractivity contribution is 6.01. The predicted molar refractivity (Wildman–Crippen MR) is 71.9 cm³/mol. The molecule has 0 amide bonds. The number of ketones is 1. The fraction of sp³-hybridized carbons (Fsp3) is 0.200. The Bertz CT molecular complexity index is 672. The van der Waals surface area contributed by atoms with E-state index in [9.17, 15) is 14.7 Å². The molecule has 1 N–H and O–H groups in total. The number of aromatic hydroxyl groups is 1. The fourth-order valence-corrected chi connectivity index (χ4v) is 1.98. The number of carbonyl (C=O) groups is 1. The number of aryl methyl sites for hydroxylation is 1. The van der Waals surface area contributed by atoms with Gasteiger partial charge in [-0.1, -0.05) is 30.3 Å². The molecule has 0 aliphatic heterocycles. The molecule has 5 nitrogen and oxygen atoms in total. The summed E-state index contributed by atoms with van der Waals surface area (Å²) in [5, 5.41) is 9.80. The van der Waals surface area contributed by atoms with Crippen LogP contribution in [0.3, 0.4) is 0 Å². The topological polar surface area (TPSA) is 76.7 Å². The van der Waals surface area contributed by atoms with E-state index in [1.807, 2.05) is 0 Å². The van der Waals surface area contributed by atoms with Crippen molar-refractivity contribution in [1.82, 2.24) is 0 Å². The van der Waals surface area contributed by atoms with Gasteiger partial charge in [0.15, 0.2) is 0 Å². The van der Waals surface area contributed by atoms with Crippen molar-refractivity contribution in [3.05, 3.63) is 63.7 Å². The number of methoxy groups -OCH3 is 1. The van der Waals surface area contributed by atoms with Crippen molar-refractivity contribution < 1.29 is 19.1 Å². The van der Waals surface area contributed by atoms with Crippen LogP contribution in [-0.2, 0) is 4.74 Å². The maximum Gasteiger partial charge on any atom is 0.350 e. The molecule has 0 radical (unpaired) electrons. The summed E-state index contributed by atoms with van der Waals surface area (Å²) in [7, 11) is 1.36. The van der Waals surface area contributed by atoms with E-state index < -0.39 is 28.8 Å². The highest BCUT2D eigenvalue weighted by atomic mass is 16.5. The second kappa shape index (κ2) is 5.71. The van der Waals surface area contributed by atoms with Crippen LogP contribution in [-0.4, -0.2) is 18.0 Å². The van der Waals surface area contributed by atoms with Crippen LogP contribution in [0.2, 0.25) is 0 Å². The van der Waals surface area contributed by atoms with Gasteiger partial charge in [0, 0.05) is 13.2 Å². The molecule has 1 aromatic heterocycles. The summed E-state index contributed by atoms with van der Waals surface area (Å²) < 4.78 is 10.0. The Balaban J connectivity index is 2.48. The van der Waals surface area contributed by atoms with Crippen LogP contribution in [0, 0.1) is 6.92 Å². The maximum absolute atomic E-state index is 12.4. The second-order valence-electron chi connectivity index (χ2n) is 4.30. The lowest BCUT2D eigenvalue weighted by atomic mass is 10.0. The van der Waals surface area contributed by atoms with Crippen molar-refractivity contribution in [3.63, 3.8) is 0 Å². The van der Waals surface area contributed by atoms with E-state index in [4.69, 9.17) is 9.15 Å². The largest absolute Gasteiger partial charge is 0.507 e. The first kappa shape index (κ1) is 14.0. The second-order valence-corrected chi connectivity index (χ2v) is 4.30. The minimum absolute atomic E-state index is 0.234. The highest BCUT2D eigenvalue weighted by Gasteiger charge is 2.27. The molecule has 1 heterocycles. The Hall–Kier alpha value is -2.40. The summed E-state index contributed by atoms with van der Waals surface area (Å²) in [5.41, 5.74) is -0.670. The minimum atomic E-state index is -0.965. The van der Waals surface area contributed by atoms with E-state index in [2.05, 4.69) is 0 Å². The van der Waals surface area contributed by atoms with E-state index in [1.165, 1.54) is 20.1 Å². The zero-order chi connectivity index (χ0) is 14.7. The average molecular weight is 274 g/mol. The van der Waals surface area contributed by atoms with Gasteiger partial charge in [-0.25, -0.2) is 4.79 Å². The lowest BCUT2D eigenvalue weighted by Crippen LogP contribution is -2.22. The van der Waals surface area contributed by atoms with Crippen LogP contribution >= 0.6 is 0 Å². The molecule has 1 aromatic carbocycles. The van der Waals surface area contributed by atoms with Gasteiger partial charge in [-0.05, 0) is 12.5 Å². The third-order valence-electron chi connectivity index (χ3n) is 2.88. The molecular weight excluding hydrogens is 260 g/mol. The minimum Gasteiger partial charge on any atom is -0.507 e. The van der Waals surface area contributed by atoms with Gasteiger partial charge in [0.1, 0.15) is 23.2 Å². The van der Waals surface area contributed by atoms with Crippen molar-refractivity contribution in [2.24, 2.45) is 0 Å². The van der Waals surface area contributed by atoms with E-state index in [0.717, 1.165) is 0 Å². The van der Waals surface area contributed by atoms with E-state index in [0.29, 0.717) is 5.56 Å². The van der Waals surface area contributed by atoms with Gasteiger partial charge < -0.3 is 14.3 Å². The van der Waals surface area contributed by atoms with Crippen molar-refractivity contribution >= 4 is 5.78 Å². The summed E-state index contributed by atoms with van der Waals surface area (Å²) in [6.07, 6.45) is -0.965. The molecular formula is C15H14O5. The number of ether oxygens (including phenoxy) is 1. The summed E-state index contributed by atoms with van der Waals surface area (Å²) >= 11 is 0. The van der Waals surface area contributed by atoms with Gasteiger partial charge >= 0.3 is 5.63 Å². The molecule has 0 saturated heterocycles. The number of hydrogen-bond acceptors (Lipinski definition) is 5. The molecule has 0 spiro atoms. The van der Waals surface area contributed by atoms with Crippen molar-refractivity contribution in [3.8, 4) is 5.75 Å². The van der Waals surface area contributed by atoms with Gasteiger partial charge in [-0.2, -0.15) is 0 Å². The predicted octanol–water partition coefficient (Wildman–Crippen LogP) is 2.22. The molecule has 1 atom stereocenters. The molecule has 0 saturated carbocycles. The summed E-state index contributed by atoms with van der Waals surface area (Å²) in [4.78, 5) is 24.1. The van der Waals surface area contributed by atoms with Crippen LogP contribution in [0.5, 0.6) is 5.75 Å². The van der Waals surface area contributed by atoms with E-state index >= 15 is 0 Å². The third-order valence-corrected chi connectivity index (χ3v) is 2.88. The van der Waals surface area contributed by atoms with Crippen LogP contribution < -0.4 is 5.63 Å². The standard InChI is InChI=1S/C15H14O5/c1-9-8-11(16)12(15(18)20-9)13(17)14(19-2)10-6-4-3-5-7-10/h3-8,14,16H,1-2H3. The third kappa shape index (κ3) is 2.62. The number of Topliss-reactive ketones (excluding diaryl/α,β-unsaturated/α-hetero) is 1. The molecule has 0 fully saturated rings. The van der Waals surface area contributed by atoms with Crippen LogP contribution in [0.1, 0.15) is 27.8 Å². The number of carbonyl (C=O) groups excluding carboxylic acids is 1. The SMILES string of the molecule is COC(C(=O)c1c(O)cc(C)oc1=O)c1ccccc1. The first-order valence-corrected chi connectivity index (χ1v) is 6.00. The molecule has 2 rings (SSSR count). The Morgan fingerprint density at radius 2 is 1.95 bits per heavy atom. The Kier molecular flexibility index (Phi) is 4.00. The Morgan fingerprint density at radius 1 is 1.30 bits per heavy atom. The summed E-state index contributed by atoms with van der Waals surface area (Å²) in [6, 6.07) is 9.96. The van der Waals surface area contributed by atoms with Gasteiger partial charge in [0.2, 0.25) is 5.78 Å². The fourth-order valence-electron chi connectivity index (χ4n) is 1.98. The Morgan fingerprint density at radius 3 is 2.50 bits per heavy atom. The first-order chi connectivity index (χ1) is 9.54. The molecule has 0 aliphatic rings. The van der Waals surface area contributed by atoms with Gasteiger partial charge in [-0.3, -0.25) is 4.79 Å². The zero-order valence-electron chi connectivity index (χ0n) is 11.1. The van der Waals surface area contributed by atoms with Crippen LogP contribution in [0.15, 0.2) is 45.6 Å². The molecule has 5 heteroatoms. The molecule has 0 bridgehead atoms. The molecule has 2 aromatic rings. The van der Waals surface area contributed by atoms with E-state index in [-0.39, 0.29) is 5.76 Å². The lowest BCUT2D eigenvalue weighted by molar-refractivity contribution is 0.0597. The van der Waals surface area contributed by atoms with Crippen molar-refractivity contribution in [1.29, 1.82) is 0 Å². The molecule has 0 aliphatic carbocycles. The van der Waals surface area contributed by atoms with Crippen molar-refractivity contribution in [2.45, 2.75) is 13.0 Å². The van der Waals surface area contributed by atoms with Crippen LogP contribution in [0.4, 0.5) is 0 Å². The maximum atomic E-state index is 12.4. The zero-order valence-corrected chi connectivity index (χ0v) is 11.1. The number of rotatable bonds is 4. The van der Waals surface area contributed by atoms with Gasteiger partial charge in [0.05, 0.1) is 0 Å². The normalized spacial score (nSPS) is 12.1. The van der Waals surface area contributed by atoms with Crippen molar-refractivity contribution in [2.75, 3.05) is 7.11 Å². The van der Waals surface area contributed by atoms with E-state index in [1.54, 1.807) is 30.3 Å². The average Bonchev–Trinajstić information content (AvgIpc) is 2.39. The van der Waals surface area contributed by atoms with Gasteiger partial charge in [-0.15, -0.1) is 0 Å². The number of hydrogen-bond donors (Lipinski definition) is 1. The first-order valence-electron chi connectivity index (χ1n) is 6.00.